The van der Waals surface area contributed by atoms with Crippen molar-refractivity contribution in [3.8, 4) is 5.75 Å². The van der Waals surface area contributed by atoms with E-state index < -0.39 is 11.4 Å². The van der Waals surface area contributed by atoms with Crippen LogP contribution in [0.4, 0.5) is 5.69 Å². The molecule has 0 bridgehead atoms. The fourth-order valence-electron chi connectivity index (χ4n) is 1.59. The van der Waals surface area contributed by atoms with Crippen molar-refractivity contribution in [3.05, 3.63) is 23.8 Å². The van der Waals surface area contributed by atoms with Crippen molar-refractivity contribution >= 4 is 17.6 Å². The van der Waals surface area contributed by atoms with Crippen LogP contribution < -0.4 is 10.1 Å². The van der Waals surface area contributed by atoms with Gasteiger partial charge in [-0.3, -0.25) is 4.79 Å². The highest BCUT2D eigenvalue weighted by atomic mass is 16.7. The molecule has 0 atom stereocenters. The summed E-state index contributed by atoms with van der Waals surface area (Å²) in [4.78, 5) is 23.5. The molecule has 0 saturated carbocycles. The number of anilines is 1. The lowest BCUT2D eigenvalue weighted by Crippen LogP contribution is -2.30. The number of carbonyl (C=O) groups is 2. The molecule has 1 aromatic carbocycles. The zero-order valence-electron chi connectivity index (χ0n) is 14.3. The van der Waals surface area contributed by atoms with Gasteiger partial charge in [0.05, 0.1) is 6.10 Å². The summed E-state index contributed by atoms with van der Waals surface area (Å²) in [5.74, 6) is -1.07. The normalized spacial score (nSPS) is 11.4. The monoisotopic (exact) mass is 323 g/mol. The molecular weight excluding hydrogens is 298 g/mol. The fraction of sp³-hybridized carbons (Fsp3) is 0.529. The van der Waals surface area contributed by atoms with E-state index in [0.29, 0.717) is 12.1 Å². The Morgan fingerprint density at radius 2 is 1.96 bits per heavy atom. The van der Waals surface area contributed by atoms with Crippen molar-refractivity contribution in [3.63, 3.8) is 0 Å². The first-order valence-electron chi connectivity index (χ1n) is 7.60. The molecule has 1 aromatic rings. The van der Waals surface area contributed by atoms with Crippen molar-refractivity contribution in [1.82, 2.24) is 0 Å². The second-order valence-electron chi connectivity index (χ2n) is 6.19. The average Bonchev–Trinajstić information content (AvgIpc) is 2.46. The van der Waals surface area contributed by atoms with Crippen LogP contribution in [0.5, 0.6) is 5.75 Å². The molecule has 0 aliphatic carbocycles. The number of carboxylic acids is 1. The van der Waals surface area contributed by atoms with E-state index in [1.165, 1.54) is 12.1 Å². The lowest BCUT2D eigenvalue weighted by atomic mass is 9.89. The molecule has 2 N–H and O–H groups in total. The molecule has 1 rings (SSSR count). The molecule has 0 aliphatic rings. The van der Waals surface area contributed by atoms with Gasteiger partial charge in [-0.05, 0) is 32.4 Å². The fourth-order valence-corrected chi connectivity index (χ4v) is 1.59. The Morgan fingerprint density at radius 3 is 2.48 bits per heavy atom. The van der Waals surface area contributed by atoms with Crippen LogP contribution in [0, 0.1) is 5.41 Å². The van der Waals surface area contributed by atoms with Gasteiger partial charge in [0.25, 0.3) is 0 Å². The van der Waals surface area contributed by atoms with E-state index >= 15 is 0 Å². The van der Waals surface area contributed by atoms with Gasteiger partial charge in [0.2, 0.25) is 5.91 Å². The van der Waals surface area contributed by atoms with Crippen LogP contribution >= 0.6 is 0 Å². The van der Waals surface area contributed by atoms with E-state index in [-0.39, 0.29) is 30.1 Å². The zero-order chi connectivity index (χ0) is 17.6. The molecule has 128 valence electrons. The molecule has 6 heteroatoms. The predicted molar refractivity (Wildman–Crippen MR) is 87.8 cm³/mol. The number of benzene rings is 1. The van der Waals surface area contributed by atoms with Crippen LogP contribution in [0.1, 0.15) is 51.4 Å². The van der Waals surface area contributed by atoms with Gasteiger partial charge in [-0.15, -0.1) is 0 Å². The summed E-state index contributed by atoms with van der Waals surface area (Å²) in [6, 6.07) is 4.45. The summed E-state index contributed by atoms with van der Waals surface area (Å²) in [7, 11) is 0. The van der Waals surface area contributed by atoms with Crippen LogP contribution in [0.25, 0.3) is 0 Å². The van der Waals surface area contributed by atoms with Gasteiger partial charge in [0.1, 0.15) is 11.3 Å². The van der Waals surface area contributed by atoms with Crippen LogP contribution in [0.3, 0.4) is 0 Å². The van der Waals surface area contributed by atoms with Crippen molar-refractivity contribution in [2.75, 3.05) is 12.1 Å². The molecule has 0 aromatic heterocycles. The molecule has 1 amide bonds. The van der Waals surface area contributed by atoms with Crippen molar-refractivity contribution in [1.29, 1.82) is 0 Å². The maximum absolute atomic E-state index is 12.2. The van der Waals surface area contributed by atoms with E-state index in [1.807, 2.05) is 34.6 Å². The van der Waals surface area contributed by atoms with E-state index in [1.54, 1.807) is 6.07 Å². The first-order chi connectivity index (χ1) is 10.7. The van der Waals surface area contributed by atoms with Gasteiger partial charge in [0.15, 0.2) is 6.79 Å². The highest BCUT2D eigenvalue weighted by Gasteiger charge is 2.25. The molecule has 23 heavy (non-hydrogen) atoms. The summed E-state index contributed by atoms with van der Waals surface area (Å²) >= 11 is 0. The Bertz CT molecular complexity index is 566. The quantitative estimate of drug-likeness (QED) is 0.715. The van der Waals surface area contributed by atoms with Gasteiger partial charge in [-0.25, -0.2) is 4.79 Å². The van der Waals surface area contributed by atoms with Crippen molar-refractivity contribution in [2.45, 2.75) is 47.1 Å². The summed E-state index contributed by atoms with van der Waals surface area (Å²) in [5, 5.41) is 12.0. The number of hydrogen-bond donors (Lipinski definition) is 2. The number of ether oxygens (including phenoxy) is 2. The second-order valence-corrected chi connectivity index (χ2v) is 6.19. The smallest absolute Gasteiger partial charge is 0.339 e. The molecular formula is C17H25NO5. The Balaban J connectivity index is 2.94. The van der Waals surface area contributed by atoms with Crippen molar-refractivity contribution in [2.24, 2.45) is 5.41 Å². The third kappa shape index (κ3) is 5.56. The predicted octanol–water partition coefficient (Wildman–Crippen LogP) is 3.52. The van der Waals surface area contributed by atoms with Crippen LogP contribution in [-0.2, 0) is 9.53 Å². The Labute approximate surface area is 136 Å². The number of amides is 1. The van der Waals surface area contributed by atoms with Gasteiger partial charge in [-0.2, -0.15) is 0 Å². The number of carbonyl (C=O) groups excluding carboxylic acids is 1. The molecule has 0 aliphatic heterocycles. The Hall–Kier alpha value is -2.08. The van der Waals surface area contributed by atoms with E-state index in [4.69, 9.17) is 9.47 Å². The van der Waals surface area contributed by atoms with Crippen LogP contribution in [0.2, 0.25) is 0 Å². The largest absolute Gasteiger partial charge is 0.478 e. The molecule has 0 unspecified atom stereocenters. The van der Waals surface area contributed by atoms with Gasteiger partial charge >= 0.3 is 5.97 Å². The minimum absolute atomic E-state index is 0.0186. The lowest BCUT2D eigenvalue weighted by molar-refractivity contribution is -0.124. The lowest BCUT2D eigenvalue weighted by Gasteiger charge is -2.22. The van der Waals surface area contributed by atoms with E-state index in [9.17, 15) is 14.7 Å². The third-order valence-electron chi connectivity index (χ3n) is 3.58. The second kappa shape index (κ2) is 7.97. The highest BCUT2D eigenvalue weighted by Crippen LogP contribution is 2.27. The minimum Gasteiger partial charge on any atom is -0.478 e. The highest BCUT2D eigenvalue weighted by molar-refractivity contribution is 5.96. The maximum atomic E-state index is 12.2. The summed E-state index contributed by atoms with van der Waals surface area (Å²) in [6.07, 6.45) is 0.661. The first-order valence-corrected chi connectivity index (χ1v) is 7.60. The molecule has 6 nitrogen and oxygen atoms in total. The third-order valence-corrected chi connectivity index (χ3v) is 3.58. The van der Waals surface area contributed by atoms with Crippen molar-refractivity contribution < 1.29 is 24.2 Å². The average molecular weight is 323 g/mol. The number of hydrogen-bond acceptors (Lipinski definition) is 4. The molecule has 0 fully saturated rings. The standard InChI is InChI=1S/C17H25NO5/c1-6-17(4,5)16(21)18-12-7-8-13(15(19)20)14(9-12)23-10-22-11(2)3/h7-9,11H,6,10H2,1-5H3,(H,18,21)(H,19,20). The number of rotatable bonds is 8. The number of carboxylic acid groups (broad SMARTS) is 1. The Morgan fingerprint density at radius 1 is 1.30 bits per heavy atom. The number of aromatic carboxylic acids is 1. The number of nitrogens with one attached hydrogen (secondary N) is 1. The summed E-state index contributed by atoms with van der Waals surface area (Å²) in [6.45, 7) is 9.28. The molecule has 0 spiro atoms. The van der Waals surface area contributed by atoms with Gasteiger partial charge in [-0.1, -0.05) is 20.8 Å². The molecule has 0 radical (unpaired) electrons. The summed E-state index contributed by atoms with van der Waals surface area (Å²) < 4.78 is 10.7. The van der Waals surface area contributed by atoms with E-state index in [0.717, 1.165) is 0 Å². The summed E-state index contributed by atoms with van der Waals surface area (Å²) in [5.41, 5.74) is -0.000982. The van der Waals surface area contributed by atoms with Gasteiger partial charge < -0.3 is 19.9 Å². The minimum atomic E-state index is -1.10. The first kappa shape index (κ1) is 19.0. The zero-order valence-corrected chi connectivity index (χ0v) is 14.3. The van der Waals surface area contributed by atoms with Gasteiger partial charge in [0, 0.05) is 17.2 Å². The van der Waals surface area contributed by atoms with Crippen LogP contribution in [-0.4, -0.2) is 29.9 Å². The molecule has 0 heterocycles. The topological polar surface area (TPSA) is 84.9 Å². The Kier molecular flexibility index (Phi) is 6.57. The van der Waals surface area contributed by atoms with Crippen LogP contribution in [0.15, 0.2) is 18.2 Å². The maximum Gasteiger partial charge on any atom is 0.339 e. The molecule has 0 saturated heterocycles. The SMILES string of the molecule is CCC(C)(C)C(=O)Nc1ccc(C(=O)O)c(OCOC(C)C)c1. The van der Waals surface area contributed by atoms with E-state index in [2.05, 4.69) is 5.32 Å².